The summed E-state index contributed by atoms with van der Waals surface area (Å²) in [5.41, 5.74) is 1.62. The zero-order chi connectivity index (χ0) is 16.1. The summed E-state index contributed by atoms with van der Waals surface area (Å²) in [6.45, 7) is 4.41. The highest BCUT2D eigenvalue weighted by atomic mass is 32.1. The van der Waals surface area contributed by atoms with Crippen molar-refractivity contribution in [1.29, 1.82) is 0 Å². The predicted octanol–water partition coefficient (Wildman–Crippen LogP) is 4.77. The molecule has 0 N–H and O–H groups in total. The molecule has 0 radical (unpaired) electrons. The molecule has 1 aliphatic rings. The molecule has 0 saturated heterocycles. The molecule has 3 nitrogen and oxygen atoms in total. The van der Waals surface area contributed by atoms with E-state index >= 15 is 0 Å². The number of rotatable bonds is 5. The van der Waals surface area contributed by atoms with Gasteiger partial charge in [0, 0.05) is 23.5 Å². The molecule has 1 heterocycles. The zero-order valence-electron chi connectivity index (χ0n) is 13.3. The van der Waals surface area contributed by atoms with E-state index in [2.05, 4.69) is 11.6 Å². The monoisotopic (exact) mass is 326 g/mol. The lowest BCUT2D eigenvalue weighted by Crippen LogP contribution is -2.41. The molecule has 1 saturated carbocycles. The summed E-state index contributed by atoms with van der Waals surface area (Å²) in [7, 11) is 0. The molecule has 2 aromatic rings. The van der Waals surface area contributed by atoms with Crippen LogP contribution >= 0.6 is 11.3 Å². The number of thiazole rings is 1. The van der Waals surface area contributed by atoms with Crippen molar-refractivity contribution < 1.29 is 4.79 Å². The van der Waals surface area contributed by atoms with Crippen LogP contribution in [-0.2, 0) is 0 Å². The van der Waals surface area contributed by atoms with Gasteiger partial charge in [-0.3, -0.25) is 4.79 Å². The second-order valence-corrected chi connectivity index (χ2v) is 6.80. The first-order valence-corrected chi connectivity index (χ1v) is 9.10. The number of aromatic nitrogens is 1. The maximum atomic E-state index is 12.9. The molecule has 3 rings (SSSR count). The number of hydrogen-bond donors (Lipinski definition) is 0. The second-order valence-electron chi connectivity index (χ2n) is 5.94. The molecular formula is C19H22N2OS. The molecule has 1 aromatic heterocycles. The first kappa shape index (κ1) is 15.9. The van der Waals surface area contributed by atoms with Gasteiger partial charge in [-0.1, -0.05) is 55.7 Å². The van der Waals surface area contributed by atoms with Gasteiger partial charge in [-0.15, -0.1) is 17.9 Å². The van der Waals surface area contributed by atoms with Crippen molar-refractivity contribution in [2.45, 2.75) is 38.1 Å². The van der Waals surface area contributed by atoms with Gasteiger partial charge in [0.15, 0.2) is 0 Å². The van der Waals surface area contributed by atoms with Crippen LogP contribution in [0.2, 0.25) is 0 Å². The van der Waals surface area contributed by atoms with Crippen LogP contribution in [0, 0.1) is 0 Å². The Hall–Kier alpha value is -1.94. The Labute approximate surface area is 141 Å². The van der Waals surface area contributed by atoms with Gasteiger partial charge in [-0.05, 0) is 12.8 Å². The highest BCUT2D eigenvalue weighted by Crippen LogP contribution is 2.27. The minimum atomic E-state index is 0.0373. The summed E-state index contributed by atoms with van der Waals surface area (Å²) in [4.78, 5) is 19.4. The van der Waals surface area contributed by atoms with Crippen molar-refractivity contribution in [3.8, 4) is 10.6 Å². The van der Waals surface area contributed by atoms with Gasteiger partial charge in [0.05, 0.1) is 0 Å². The van der Waals surface area contributed by atoms with Crippen molar-refractivity contribution in [3.05, 3.63) is 54.1 Å². The molecule has 1 aromatic carbocycles. The first-order chi connectivity index (χ1) is 11.3. The Bertz CT molecular complexity index is 659. The van der Waals surface area contributed by atoms with Crippen molar-refractivity contribution in [1.82, 2.24) is 9.88 Å². The van der Waals surface area contributed by atoms with Crippen LogP contribution in [0.3, 0.4) is 0 Å². The van der Waals surface area contributed by atoms with Crippen LogP contribution in [0.1, 0.15) is 42.6 Å². The highest BCUT2D eigenvalue weighted by molar-refractivity contribution is 7.13. The number of carbonyl (C=O) groups excluding carboxylic acids is 1. The van der Waals surface area contributed by atoms with E-state index in [0.717, 1.165) is 23.4 Å². The van der Waals surface area contributed by atoms with Gasteiger partial charge in [0.1, 0.15) is 10.7 Å². The Kier molecular flexibility index (Phi) is 5.23. The lowest BCUT2D eigenvalue weighted by molar-refractivity contribution is 0.0658. The molecule has 120 valence electrons. The van der Waals surface area contributed by atoms with Crippen LogP contribution in [-0.4, -0.2) is 28.4 Å². The molecule has 0 unspecified atom stereocenters. The van der Waals surface area contributed by atoms with E-state index in [1.165, 1.54) is 30.6 Å². The number of hydrogen-bond acceptors (Lipinski definition) is 3. The van der Waals surface area contributed by atoms with Crippen molar-refractivity contribution >= 4 is 17.2 Å². The van der Waals surface area contributed by atoms with Crippen LogP contribution in [0.4, 0.5) is 0 Å². The maximum absolute atomic E-state index is 12.9. The van der Waals surface area contributed by atoms with E-state index in [1.54, 1.807) is 0 Å². The molecule has 1 fully saturated rings. The Morgan fingerprint density at radius 2 is 2.00 bits per heavy atom. The predicted molar refractivity (Wildman–Crippen MR) is 95.7 cm³/mol. The topological polar surface area (TPSA) is 33.2 Å². The Balaban J connectivity index is 1.80. The number of amides is 1. The standard InChI is InChI=1S/C19H22N2OS/c1-2-13-21(16-11-7-4-8-12-16)19(22)17-14-23-18(20-17)15-9-5-3-6-10-15/h2-3,5-6,9-10,14,16H,1,4,7-8,11-13H2. The van der Waals surface area contributed by atoms with Gasteiger partial charge in [-0.2, -0.15) is 0 Å². The summed E-state index contributed by atoms with van der Waals surface area (Å²) in [6.07, 6.45) is 7.69. The largest absolute Gasteiger partial charge is 0.331 e. The average Bonchev–Trinajstić information content (AvgIpc) is 3.11. The van der Waals surface area contributed by atoms with Crippen molar-refractivity contribution in [2.75, 3.05) is 6.54 Å². The van der Waals surface area contributed by atoms with Crippen molar-refractivity contribution in [3.63, 3.8) is 0 Å². The summed E-state index contributed by atoms with van der Waals surface area (Å²) in [5, 5.41) is 2.78. The van der Waals surface area contributed by atoms with Crippen LogP contribution in [0.5, 0.6) is 0 Å². The van der Waals surface area contributed by atoms with E-state index < -0.39 is 0 Å². The lowest BCUT2D eigenvalue weighted by atomic mass is 9.94. The highest BCUT2D eigenvalue weighted by Gasteiger charge is 2.26. The van der Waals surface area contributed by atoms with E-state index in [1.807, 2.05) is 46.7 Å². The van der Waals surface area contributed by atoms with Crippen LogP contribution < -0.4 is 0 Å². The van der Waals surface area contributed by atoms with Crippen LogP contribution in [0.15, 0.2) is 48.4 Å². The summed E-state index contributed by atoms with van der Waals surface area (Å²) in [6, 6.07) is 10.3. The normalized spacial score (nSPS) is 15.3. The van der Waals surface area contributed by atoms with E-state index in [4.69, 9.17) is 0 Å². The third kappa shape index (κ3) is 3.70. The molecule has 0 bridgehead atoms. The molecule has 0 aliphatic heterocycles. The van der Waals surface area contributed by atoms with Gasteiger partial charge >= 0.3 is 0 Å². The molecule has 0 atom stereocenters. The Morgan fingerprint density at radius 3 is 2.70 bits per heavy atom. The third-order valence-corrected chi connectivity index (χ3v) is 5.24. The maximum Gasteiger partial charge on any atom is 0.273 e. The minimum absolute atomic E-state index is 0.0373. The molecule has 4 heteroatoms. The van der Waals surface area contributed by atoms with Gasteiger partial charge in [0.25, 0.3) is 5.91 Å². The van der Waals surface area contributed by atoms with Crippen LogP contribution in [0.25, 0.3) is 10.6 Å². The van der Waals surface area contributed by atoms with Crippen molar-refractivity contribution in [2.24, 2.45) is 0 Å². The number of benzene rings is 1. The molecule has 1 aliphatic carbocycles. The molecular weight excluding hydrogens is 304 g/mol. The molecule has 0 spiro atoms. The zero-order valence-corrected chi connectivity index (χ0v) is 14.1. The fraction of sp³-hybridized carbons (Fsp3) is 0.368. The second kappa shape index (κ2) is 7.55. The van der Waals surface area contributed by atoms with Gasteiger partial charge in [-0.25, -0.2) is 4.98 Å². The molecule has 23 heavy (non-hydrogen) atoms. The average molecular weight is 326 g/mol. The lowest BCUT2D eigenvalue weighted by Gasteiger charge is -2.33. The summed E-state index contributed by atoms with van der Waals surface area (Å²) in [5.74, 6) is 0.0373. The SMILES string of the molecule is C=CCN(C(=O)c1csc(-c2ccccc2)n1)C1CCCCC1. The number of carbonyl (C=O) groups is 1. The number of nitrogens with zero attached hydrogens (tertiary/aromatic N) is 2. The van der Waals surface area contributed by atoms with Gasteiger partial charge < -0.3 is 4.90 Å². The summed E-state index contributed by atoms with van der Waals surface area (Å²) >= 11 is 1.53. The van der Waals surface area contributed by atoms with E-state index in [9.17, 15) is 4.79 Å². The third-order valence-electron chi connectivity index (χ3n) is 4.35. The minimum Gasteiger partial charge on any atom is -0.331 e. The fourth-order valence-electron chi connectivity index (χ4n) is 3.16. The van der Waals surface area contributed by atoms with E-state index in [-0.39, 0.29) is 5.91 Å². The smallest absolute Gasteiger partial charge is 0.273 e. The quantitative estimate of drug-likeness (QED) is 0.741. The molecule has 1 amide bonds. The van der Waals surface area contributed by atoms with Gasteiger partial charge in [0.2, 0.25) is 0 Å². The summed E-state index contributed by atoms with van der Waals surface area (Å²) < 4.78 is 0. The first-order valence-electron chi connectivity index (χ1n) is 8.22. The fourth-order valence-corrected chi connectivity index (χ4v) is 3.96. The van der Waals surface area contributed by atoms with E-state index in [0.29, 0.717) is 18.3 Å². The Morgan fingerprint density at radius 1 is 1.26 bits per heavy atom.